The number of tetrazole rings is 1. The van der Waals surface area contributed by atoms with Gasteiger partial charge in [0.2, 0.25) is 11.3 Å². The van der Waals surface area contributed by atoms with Crippen LogP contribution >= 0.6 is 35.0 Å². The molecule has 422 valence electrons. The maximum atomic E-state index is 15.0. The molecule has 2 heterocycles. The van der Waals surface area contributed by atoms with Crippen LogP contribution in [-0.4, -0.2) is 71.5 Å². The van der Waals surface area contributed by atoms with Gasteiger partial charge in [-0.1, -0.05) is 126 Å². The largest absolute Gasteiger partial charge is 0.486 e. The first-order chi connectivity index (χ1) is 38.7. The normalized spacial score (nSPS) is 14.3. The Bertz CT molecular complexity index is 3490. The minimum absolute atomic E-state index is 0.0507. The number of thioether (sulfide) groups is 1. The van der Waals surface area contributed by atoms with E-state index in [1.165, 1.54) is 69.7 Å². The number of para-hydroxylation sites is 3. The molecule has 3 atom stereocenters. The van der Waals surface area contributed by atoms with Crippen molar-refractivity contribution < 1.29 is 37.9 Å². The third-order valence-corrected chi connectivity index (χ3v) is 16.1. The smallest absolute Gasteiger partial charge is 0.294 e. The highest BCUT2D eigenvalue weighted by molar-refractivity contribution is 8.13. The summed E-state index contributed by atoms with van der Waals surface area (Å²) in [6.45, 7) is 18.4. The van der Waals surface area contributed by atoms with Crippen LogP contribution in [0.25, 0.3) is 5.69 Å². The quantitative estimate of drug-likeness (QED) is 0.0383. The van der Waals surface area contributed by atoms with Crippen molar-refractivity contribution in [1.29, 1.82) is 0 Å². The van der Waals surface area contributed by atoms with E-state index in [1.807, 2.05) is 31.2 Å². The number of hydrazone groups is 1. The highest BCUT2D eigenvalue weighted by Crippen LogP contribution is 2.42. The molecule has 6 aromatic carbocycles. The molecule has 0 saturated carbocycles. The fourth-order valence-corrected chi connectivity index (χ4v) is 9.98. The molecule has 0 radical (unpaired) electrons. The molecule has 3 amide bonds. The van der Waals surface area contributed by atoms with E-state index in [-0.39, 0.29) is 73.4 Å². The van der Waals surface area contributed by atoms with Crippen molar-refractivity contribution in [3.8, 4) is 22.9 Å². The number of non-ortho nitro benzene ring substituents is 1. The third-order valence-electron chi connectivity index (χ3n) is 14.5. The number of carbonyl (C=O) groups excluding carboxylic acids is 3. The molecule has 8 rings (SSSR count). The van der Waals surface area contributed by atoms with Gasteiger partial charge >= 0.3 is 0 Å². The Morgan fingerprint density at radius 1 is 0.840 bits per heavy atom. The molecule has 0 spiro atoms. The molecule has 21 heteroatoms. The van der Waals surface area contributed by atoms with Crippen LogP contribution in [0, 0.1) is 15.9 Å². The van der Waals surface area contributed by atoms with E-state index in [2.05, 4.69) is 74.5 Å². The highest BCUT2D eigenvalue weighted by atomic mass is 35.5. The number of anilines is 2. The average Bonchev–Trinajstić information content (AvgIpc) is 4.22. The van der Waals surface area contributed by atoms with Crippen LogP contribution in [0.2, 0.25) is 10.0 Å². The summed E-state index contributed by atoms with van der Waals surface area (Å²) >= 11 is 14.1. The van der Waals surface area contributed by atoms with Crippen LogP contribution in [0.1, 0.15) is 115 Å². The lowest BCUT2D eigenvalue weighted by Gasteiger charge is -2.31. The number of amides is 3. The highest BCUT2D eigenvalue weighted by Gasteiger charge is 2.42. The molecule has 81 heavy (non-hydrogen) atoms. The molecule has 1 aromatic heterocycles. The molecule has 0 aliphatic carbocycles. The van der Waals surface area contributed by atoms with Gasteiger partial charge in [-0.05, 0) is 115 Å². The second-order valence-electron chi connectivity index (χ2n) is 20.6. The molecule has 1 N–H and O–H groups in total. The lowest BCUT2D eigenvalue weighted by molar-refractivity contribution is -0.385. The topological polar surface area (TPSA) is 197 Å². The fourth-order valence-electron chi connectivity index (χ4n) is 8.87. The van der Waals surface area contributed by atoms with Crippen LogP contribution in [0.3, 0.4) is 0 Å². The first-order valence-electron chi connectivity index (χ1n) is 26.5. The Hall–Kier alpha value is -7.87. The van der Waals surface area contributed by atoms with Gasteiger partial charge in [0, 0.05) is 58.8 Å². The van der Waals surface area contributed by atoms with Gasteiger partial charge in [0.05, 0.1) is 38.6 Å². The molecule has 17 nitrogen and oxygen atoms in total. The maximum absolute atomic E-state index is 15.0. The number of hydrogen-bond donors (Lipinski definition) is 1. The van der Waals surface area contributed by atoms with Crippen molar-refractivity contribution in [1.82, 2.24) is 25.1 Å². The number of carbonyl (C=O) groups is 3. The number of ether oxygens (including phenoxy) is 3. The first-order valence-corrected chi connectivity index (χ1v) is 28.0. The second kappa shape index (κ2) is 25.3. The molecular weight excluding hydrogens is 1100 g/mol. The molecule has 1 aliphatic rings. The summed E-state index contributed by atoms with van der Waals surface area (Å²) in [5.41, 5.74) is 3.73. The molecule has 0 saturated heterocycles. The number of nitro benzene ring substituents is 1. The number of halogens is 3. The molecule has 0 fully saturated rings. The van der Waals surface area contributed by atoms with E-state index >= 15 is 4.79 Å². The SMILES string of the molecule is CCC(Oc1ccc(C(C)(C)CC)cc1C(C)(C)CC)C(=O)Nc1ccccc1N1N=C(c2ccc(F)cc2)C(Oc2cc(Cl)c(Cl)cc2C(C)Oc2ccc([N+](=O)[O-])cc2CN(CC)C(=O)Sc2nnnn2-c2ccccc2)C1=O. The predicted octanol–water partition coefficient (Wildman–Crippen LogP) is 14.3. The Morgan fingerprint density at radius 2 is 1.52 bits per heavy atom. The zero-order chi connectivity index (χ0) is 58.3. The monoisotopic (exact) mass is 1160 g/mol. The van der Waals surface area contributed by atoms with E-state index in [1.54, 1.807) is 50.2 Å². The van der Waals surface area contributed by atoms with Gasteiger partial charge in [-0.2, -0.15) is 14.8 Å². The van der Waals surface area contributed by atoms with Gasteiger partial charge in [-0.25, -0.2) is 4.39 Å². The van der Waals surface area contributed by atoms with Gasteiger partial charge in [0.1, 0.15) is 34.9 Å². The second-order valence-corrected chi connectivity index (χ2v) is 22.3. The van der Waals surface area contributed by atoms with Gasteiger partial charge in [0.15, 0.2) is 6.10 Å². The summed E-state index contributed by atoms with van der Waals surface area (Å²) in [6, 6.07) is 34.3. The van der Waals surface area contributed by atoms with Crippen molar-refractivity contribution in [3.05, 3.63) is 181 Å². The van der Waals surface area contributed by atoms with Crippen LogP contribution in [-0.2, 0) is 27.0 Å². The summed E-state index contributed by atoms with van der Waals surface area (Å²) in [5.74, 6) is -0.815. The number of nitrogens with one attached hydrogen (secondary N) is 1. The van der Waals surface area contributed by atoms with Gasteiger partial charge in [0.25, 0.3) is 22.7 Å². The van der Waals surface area contributed by atoms with Gasteiger partial charge in [-0.3, -0.25) is 24.5 Å². The van der Waals surface area contributed by atoms with Crippen molar-refractivity contribution in [2.45, 2.75) is 122 Å². The maximum Gasteiger partial charge on any atom is 0.294 e. The first kappa shape index (κ1) is 59.3. The molecular formula is C60H62Cl2FN9O8S. The average molecular weight is 1160 g/mol. The van der Waals surface area contributed by atoms with E-state index < -0.39 is 46.1 Å². The number of benzene rings is 6. The van der Waals surface area contributed by atoms with E-state index in [0.717, 1.165) is 35.2 Å². The van der Waals surface area contributed by atoms with Crippen molar-refractivity contribution >= 4 is 74.8 Å². The van der Waals surface area contributed by atoms with Crippen molar-refractivity contribution in [2.75, 3.05) is 16.9 Å². The van der Waals surface area contributed by atoms with E-state index in [4.69, 9.17) is 42.5 Å². The lowest BCUT2D eigenvalue weighted by atomic mass is 9.76. The Labute approximate surface area is 483 Å². The van der Waals surface area contributed by atoms with Crippen LogP contribution in [0.15, 0.2) is 138 Å². The molecule has 0 bridgehead atoms. The standard InChI is InChI=1S/C60H62Cl2FN9O8S/c1-10-49(79-51-29-25-39(59(6,7)11-2)32-44(51)60(8,9)12-3)55(73)64-47-21-17-18-22-48(47)71-56(74)54(53(66-71)37-23-26-40(63)27-24-37)80-52-34-46(62)45(61)33-43(52)36(5)78-50-30-28-42(72(76)77)31-38(50)35-69(13-4)58(75)81-57-65-67-68-70(57)41-19-15-14-16-20-41/h14-34,36,49,54H,10-13,35H2,1-9H3,(H,64,73). The summed E-state index contributed by atoms with van der Waals surface area (Å²) < 4.78 is 35.8. The number of nitrogens with zero attached hydrogens (tertiary/aromatic N) is 8. The Balaban J connectivity index is 1.08. The number of aromatic nitrogens is 4. The van der Waals surface area contributed by atoms with Crippen LogP contribution < -0.4 is 24.5 Å². The molecule has 7 aromatic rings. The minimum atomic E-state index is -1.49. The summed E-state index contributed by atoms with van der Waals surface area (Å²) in [6.07, 6.45) is -1.29. The van der Waals surface area contributed by atoms with Gasteiger partial charge in [-0.15, -0.1) is 5.10 Å². The summed E-state index contributed by atoms with van der Waals surface area (Å²) in [7, 11) is 0. The zero-order valence-electron chi connectivity index (χ0n) is 46.3. The predicted molar refractivity (Wildman–Crippen MR) is 313 cm³/mol. The van der Waals surface area contributed by atoms with Crippen molar-refractivity contribution in [3.63, 3.8) is 0 Å². The number of nitro groups is 1. The Morgan fingerprint density at radius 3 is 2.20 bits per heavy atom. The molecule has 1 aliphatic heterocycles. The van der Waals surface area contributed by atoms with Crippen LogP contribution in [0.5, 0.6) is 17.2 Å². The third kappa shape index (κ3) is 13.3. The van der Waals surface area contributed by atoms with Crippen LogP contribution in [0.4, 0.5) is 26.2 Å². The Kier molecular flexibility index (Phi) is 18.5. The number of rotatable bonds is 22. The fraction of sp³-hybridized carbons (Fsp3) is 0.317. The van der Waals surface area contributed by atoms with E-state index in [0.29, 0.717) is 34.5 Å². The van der Waals surface area contributed by atoms with E-state index in [9.17, 15) is 24.1 Å². The summed E-state index contributed by atoms with van der Waals surface area (Å²) in [5, 5.41) is 32.8. The van der Waals surface area contributed by atoms with Crippen molar-refractivity contribution in [2.24, 2.45) is 5.10 Å². The number of hydrogen-bond acceptors (Lipinski definition) is 13. The molecule has 3 unspecified atom stereocenters. The lowest BCUT2D eigenvalue weighted by Crippen LogP contribution is -2.38. The summed E-state index contributed by atoms with van der Waals surface area (Å²) in [4.78, 5) is 56.3. The minimum Gasteiger partial charge on any atom is -0.486 e. The van der Waals surface area contributed by atoms with Gasteiger partial charge < -0.3 is 24.4 Å². The zero-order valence-corrected chi connectivity index (χ0v) is 48.6.